The van der Waals surface area contributed by atoms with Crippen LogP contribution >= 0.6 is 0 Å². The molecule has 3 rings (SSSR count). The molecule has 2 nitrogen and oxygen atoms in total. The Balaban J connectivity index is 2.11. The molecule has 2 heterocycles. The fourth-order valence-electron chi connectivity index (χ4n) is 3.22. The molecular weight excluding hydrogens is 196 g/mol. The van der Waals surface area contributed by atoms with Crippen molar-refractivity contribution in [2.24, 2.45) is 0 Å². The highest BCUT2D eigenvalue weighted by atomic mass is 15.3. The summed E-state index contributed by atoms with van der Waals surface area (Å²) < 4.78 is 0. The molecular formula is C14H20N2. The van der Waals surface area contributed by atoms with Gasteiger partial charge in [-0.1, -0.05) is 12.1 Å². The minimum atomic E-state index is 0.625. The molecule has 2 aliphatic heterocycles. The van der Waals surface area contributed by atoms with Crippen molar-refractivity contribution in [3.8, 4) is 0 Å². The van der Waals surface area contributed by atoms with Crippen molar-refractivity contribution in [2.75, 3.05) is 18.0 Å². The summed E-state index contributed by atoms with van der Waals surface area (Å²) in [5.41, 5.74) is 5.97. The number of aryl methyl sites for hydroxylation is 1. The predicted octanol–water partition coefficient (Wildman–Crippen LogP) is 2.03. The lowest BCUT2D eigenvalue weighted by molar-refractivity contribution is 0.429. The Morgan fingerprint density at radius 1 is 1.25 bits per heavy atom. The van der Waals surface area contributed by atoms with Gasteiger partial charge in [-0.2, -0.15) is 0 Å². The van der Waals surface area contributed by atoms with Crippen LogP contribution < -0.4 is 10.2 Å². The van der Waals surface area contributed by atoms with Crippen molar-refractivity contribution in [1.82, 2.24) is 5.32 Å². The Bertz CT molecular complexity index is 425. The van der Waals surface area contributed by atoms with E-state index in [0.717, 1.165) is 13.1 Å². The second-order valence-electron chi connectivity index (χ2n) is 5.29. The zero-order chi connectivity index (χ0) is 11.3. The number of hydrogen-bond donors (Lipinski definition) is 1. The number of nitrogens with one attached hydrogen (secondary N) is 1. The summed E-state index contributed by atoms with van der Waals surface area (Å²) in [5, 5.41) is 3.53. The SMILES string of the molecule is Cc1ccc2c(c1C)N1C(C)CNC[C@@H]1C2. The van der Waals surface area contributed by atoms with E-state index < -0.39 is 0 Å². The van der Waals surface area contributed by atoms with E-state index in [0.29, 0.717) is 12.1 Å². The van der Waals surface area contributed by atoms with Gasteiger partial charge in [-0.05, 0) is 43.9 Å². The number of piperazine rings is 1. The normalized spacial score (nSPS) is 27.8. The number of hydrogen-bond acceptors (Lipinski definition) is 2. The fourth-order valence-corrected chi connectivity index (χ4v) is 3.22. The molecule has 0 spiro atoms. The number of fused-ring (bicyclic) bond motifs is 3. The second-order valence-corrected chi connectivity index (χ2v) is 5.29. The van der Waals surface area contributed by atoms with Crippen molar-refractivity contribution >= 4 is 5.69 Å². The molecule has 0 radical (unpaired) electrons. The third-order valence-corrected chi connectivity index (χ3v) is 4.19. The molecule has 2 aliphatic rings. The first kappa shape index (κ1) is 10.2. The molecule has 1 fully saturated rings. The van der Waals surface area contributed by atoms with Crippen LogP contribution in [-0.2, 0) is 6.42 Å². The zero-order valence-corrected chi connectivity index (χ0v) is 10.4. The lowest BCUT2D eigenvalue weighted by Crippen LogP contribution is -2.55. The highest BCUT2D eigenvalue weighted by molar-refractivity contribution is 5.67. The molecule has 2 atom stereocenters. The predicted molar refractivity (Wildman–Crippen MR) is 68.2 cm³/mol. The van der Waals surface area contributed by atoms with Crippen LogP contribution in [0.5, 0.6) is 0 Å². The Hall–Kier alpha value is -1.02. The molecule has 1 aromatic carbocycles. The Kier molecular flexibility index (Phi) is 2.21. The third-order valence-electron chi connectivity index (χ3n) is 4.19. The topological polar surface area (TPSA) is 15.3 Å². The standard InChI is InChI=1S/C14H20N2/c1-9-4-5-12-6-13-8-15-7-10(2)16(13)14(12)11(9)3/h4-5,10,13,15H,6-8H2,1-3H3/t10?,13-/m0/s1. The number of anilines is 1. The maximum absolute atomic E-state index is 3.53. The van der Waals surface area contributed by atoms with E-state index in [1.54, 1.807) is 5.56 Å². The van der Waals surface area contributed by atoms with Crippen molar-refractivity contribution in [3.63, 3.8) is 0 Å². The minimum Gasteiger partial charge on any atom is -0.363 e. The van der Waals surface area contributed by atoms with Crippen LogP contribution in [0.25, 0.3) is 0 Å². The van der Waals surface area contributed by atoms with Gasteiger partial charge in [0.1, 0.15) is 0 Å². The van der Waals surface area contributed by atoms with E-state index in [1.165, 1.54) is 23.2 Å². The van der Waals surface area contributed by atoms with Crippen molar-refractivity contribution < 1.29 is 0 Å². The highest BCUT2D eigenvalue weighted by Gasteiger charge is 2.35. The van der Waals surface area contributed by atoms with Gasteiger partial charge in [-0.25, -0.2) is 0 Å². The molecule has 0 bridgehead atoms. The monoisotopic (exact) mass is 216 g/mol. The van der Waals surface area contributed by atoms with Gasteiger partial charge in [0.15, 0.2) is 0 Å². The van der Waals surface area contributed by atoms with Gasteiger partial charge in [0.2, 0.25) is 0 Å². The van der Waals surface area contributed by atoms with E-state index in [4.69, 9.17) is 0 Å². The quantitative estimate of drug-likeness (QED) is 0.714. The lowest BCUT2D eigenvalue weighted by atomic mass is 10.0. The molecule has 1 aromatic rings. The van der Waals surface area contributed by atoms with Crippen molar-refractivity contribution in [3.05, 3.63) is 28.8 Å². The molecule has 86 valence electrons. The zero-order valence-electron chi connectivity index (χ0n) is 10.4. The second kappa shape index (κ2) is 3.49. The van der Waals surface area contributed by atoms with Crippen LogP contribution in [0.15, 0.2) is 12.1 Å². The van der Waals surface area contributed by atoms with E-state index in [-0.39, 0.29) is 0 Å². The van der Waals surface area contributed by atoms with E-state index in [2.05, 4.69) is 43.1 Å². The maximum atomic E-state index is 3.53. The van der Waals surface area contributed by atoms with Crippen LogP contribution in [0.2, 0.25) is 0 Å². The average Bonchev–Trinajstić information content (AvgIpc) is 2.64. The van der Waals surface area contributed by atoms with Gasteiger partial charge in [-0.15, -0.1) is 0 Å². The third kappa shape index (κ3) is 1.29. The first-order chi connectivity index (χ1) is 7.68. The highest BCUT2D eigenvalue weighted by Crippen LogP contribution is 2.38. The number of rotatable bonds is 0. The van der Waals surface area contributed by atoms with Gasteiger partial charge in [0, 0.05) is 30.9 Å². The molecule has 0 aliphatic carbocycles. The number of nitrogens with zero attached hydrogens (tertiary/aromatic N) is 1. The largest absolute Gasteiger partial charge is 0.363 e. The molecule has 1 unspecified atom stereocenters. The molecule has 0 amide bonds. The molecule has 2 heteroatoms. The molecule has 1 N–H and O–H groups in total. The van der Waals surface area contributed by atoms with Gasteiger partial charge in [0.25, 0.3) is 0 Å². The van der Waals surface area contributed by atoms with E-state index in [9.17, 15) is 0 Å². The van der Waals surface area contributed by atoms with Gasteiger partial charge in [-0.3, -0.25) is 0 Å². The summed E-state index contributed by atoms with van der Waals surface area (Å²) in [5.74, 6) is 0. The summed E-state index contributed by atoms with van der Waals surface area (Å²) in [7, 11) is 0. The maximum Gasteiger partial charge on any atom is 0.0459 e. The first-order valence-corrected chi connectivity index (χ1v) is 6.26. The van der Waals surface area contributed by atoms with Crippen molar-refractivity contribution in [2.45, 2.75) is 39.3 Å². The fraction of sp³-hybridized carbons (Fsp3) is 0.571. The Morgan fingerprint density at radius 2 is 2.06 bits per heavy atom. The molecule has 0 saturated carbocycles. The molecule has 0 aromatic heterocycles. The molecule has 1 saturated heterocycles. The van der Waals surface area contributed by atoms with Gasteiger partial charge >= 0.3 is 0 Å². The summed E-state index contributed by atoms with van der Waals surface area (Å²) in [6, 6.07) is 5.90. The van der Waals surface area contributed by atoms with Crippen LogP contribution in [0.4, 0.5) is 5.69 Å². The average molecular weight is 216 g/mol. The van der Waals surface area contributed by atoms with Crippen molar-refractivity contribution in [1.29, 1.82) is 0 Å². The summed E-state index contributed by atoms with van der Waals surface area (Å²) in [6.07, 6.45) is 1.22. The van der Waals surface area contributed by atoms with Crippen LogP contribution in [0, 0.1) is 13.8 Å². The summed E-state index contributed by atoms with van der Waals surface area (Å²) in [6.45, 7) is 9.07. The Morgan fingerprint density at radius 3 is 2.88 bits per heavy atom. The molecule has 16 heavy (non-hydrogen) atoms. The van der Waals surface area contributed by atoms with Gasteiger partial charge < -0.3 is 10.2 Å². The van der Waals surface area contributed by atoms with Crippen LogP contribution in [0.1, 0.15) is 23.6 Å². The first-order valence-electron chi connectivity index (χ1n) is 6.26. The van der Waals surface area contributed by atoms with Crippen LogP contribution in [-0.4, -0.2) is 25.2 Å². The van der Waals surface area contributed by atoms with Crippen LogP contribution in [0.3, 0.4) is 0 Å². The van der Waals surface area contributed by atoms with Gasteiger partial charge in [0.05, 0.1) is 0 Å². The smallest absolute Gasteiger partial charge is 0.0459 e. The van der Waals surface area contributed by atoms with E-state index >= 15 is 0 Å². The lowest BCUT2D eigenvalue weighted by Gasteiger charge is -2.39. The number of benzene rings is 1. The summed E-state index contributed by atoms with van der Waals surface area (Å²) >= 11 is 0. The Labute approximate surface area is 97.6 Å². The minimum absolute atomic E-state index is 0.625. The summed E-state index contributed by atoms with van der Waals surface area (Å²) in [4.78, 5) is 2.65. The van der Waals surface area contributed by atoms with E-state index in [1.807, 2.05) is 0 Å².